The molecule has 0 saturated carbocycles. The number of halogens is 1. The van der Waals surface area contributed by atoms with Crippen molar-refractivity contribution in [3.05, 3.63) is 42.2 Å². The normalized spacial score (nSPS) is 13.1. The quantitative estimate of drug-likeness (QED) is 0.231. The molecule has 1 aromatic carbocycles. The van der Waals surface area contributed by atoms with Crippen molar-refractivity contribution >= 4 is 0 Å². The van der Waals surface area contributed by atoms with Crippen LogP contribution in [0.1, 0.15) is 97.0 Å². The third kappa shape index (κ3) is 10.6. The van der Waals surface area contributed by atoms with Gasteiger partial charge < -0.3 is 4.74 Å². The number of benzene rings is 1. The van der Waals surface area contributed by atoms with Gasteiger partial charge in [-0.25, -0.2) is 14.4 Å². The second-order valence-corrected chi connectivity index (χ2v) is 9.16. The van der Waals surface area contributed by atoms with Gasteiger partial charge in [0.2, 0.25) is 0 Å². The fourth-order valence-corrected chi connectivity index (χ4v) is 3.74. The summed E-state index contributed by atoms with van der Waals surface area (Å²) in [7, 11) is 0. The zero-order valence-corrected chi connectivity index (χ0v) is 20.5. The first kappa shape index (κ1) is 26.3. The number of unbranched alkanes of at least 4 members (excludes halogenated alkanes) is 7. The van der Waals surface area contributed by atoms with Crippen LogP contribution in [0.15, 0.2) is 36.7 Å². The highest BCUT2D eigenvalue weighted by Gasteiger charge is 2.10. The van der Waals surface area contributed by atoms with E-state index in [-0.39, 0.29) is 6.61 Å². The van der Waals surface area contributed by atoms with Gasteiger partial charge in [-0.3, -0.25) is 0 Å². The summed E-state index contributed by atoms with van der Waals surface area (Å²) in [5, 5.41) is 0. The van der Waals surface area contributed by atoms with Crippen LogP contribution in [-0.4, -0.2) is 22.7 Å². The molecule has 1 aromatic heterocycles. The van der Waals surface area contributed by atoms with E-state index in [2.05, 4.69) is 30.7 Å². The lowest BCUT2D eigenvalue weighted by Gasteiger charge is -2.13. The number of rotatable bonds is 17. The molecule has 1 heterocycles. The summed E-state index contributed by atoms with van der Waals surface area (Å²) in [5.41, 5.74) is 2.15. The number of ether oxygens (including phenoxy) is 1. The maximum Gasteiger partial charge on any atom is 0.159 e. The van der Waals surface area contributed by atoms with E-state index >= 15 is 0 Å². The van der Waals surface area contributed by atoms with Gasteiger partial charge in [0.1, 0.15) is 18.5 Å². The van der Waals surface area contributed by atoms with Crippen molar-refractivity contribution in [3.63, 3.8) is 0 Å². The van der Waals surface area contributed by atoms with Crippen LogP contribution in [0.4, 0.5) is 4.39 Å². The van der Waals surface area contributed by atoms with Crippen molar-refractivity contribution in [2.75, 3.05) is 6.61 Å². The minimum atomic E-state index is -0.916. The van der Waals surface area contributed by atoms with Crippen LogP contribution in [-0.2, 0) is 6.42 Å². The Bertz CT molecular complexity index is 717. The van der Waals surface area contributed by atoms with E-state index in [0.29, 0.717) is 23.9 Å². The first-order valence-electron chi connectivity index (χ1n) is 12.8. The van der Waals surface area contributed by atoms with E-state index in [1.807, 2.05) is 36.7 Å². The fourth-order valence-electron chi connectivity index (χ4n) is 3.74. The zero-order valence-electron chi connectivity index (χ0n) is 20.5. The molecule has 0 N–H and O–H groups in total. The summed E-state index contributed by atoms with van der Waals surface area (Å²) < 4.78 is 19.6. The SMILES string of the molecule is CCCCCCCCCCc1cnc(-c2ccc(OC[C@@H](F)CC[C@@H](C)CC)cc2)nc1. The monoisotopic (exact) mass is 442 g/mol. The predicted octanol–water partition coefficient (Wildman–Crippen LogP) is 8.37. The van der Waals surface area contributed by atoms with Crippen LogP contribution in [0.25, 0.3) is 11.4 Å². The van der Waals surface area contributed by atoms with E-state index in [4.69, 9.17) is 4.74 Å². The topological polar surface area (TPSA) is 35.0 Å². The summed E-state index contributed by atoms with van der Waals surface area (Å²) >= 11 is 0. The molecular weight excluding hydrogens is 399 g/mol. The third-order valence-electron chi connectivity index (χ3n) is 6.24. The van der Waals surface area contributed by atoms with Crippen molar-refractivity contribution in [2.45, 2.75) is 104 Å². The van der Waals surface area contributed by atoms with Gasteiger partial charge >= 0.3 is 0 Å². The highest BCUT2D eigenvalue weighted by atomic mass is 19.1. The largest absolute Gasteiger partial charge is 0.491 e. The highest BCUT2D eigenvalue weighted by molar-refractivity contribution is 5.55. The number of hydrogen-bond acceptors (Lipinski definition) is 3. The molecule has 0 saturated heterocycles. The molecule has 0 aliphatic rings. The standard InChI is InChI=1S/C28H43FN2O/c1-4-6-7-8-9-10-11-12-13-24-20-30-28(31-21-24)25-15-18-27(19-16-25)32-22-26(29)17-14-23(3)5-2/h15-16,18-21,23,26H,4-14,17,22H2,1-3H3/t23-,26-/m0/s1. The molecule has 0 spiro atoms. The minimum Gasteiger partial charge on any atom is -0.491 e. The molecule has 2 atom stereocenters. The summed E-state index contributed by atoms with van der Waals surface area (Å²) in [6.07, 6.45) is 17.2. The molecule has 2 rings (SSSR count). The van der Waals surface area contributed by atoms with Gasteiger partial charge in [-0.05, 0) is 61.4 Å². The van der Waals surface area contributed by atoms with Gasteiger partial charge in [-0.15, -0.1) is 0 Å². The van der Waals surface area contributed by atoms with Crippen molar-refractivity contribution in [3.8, 4) is 17.1 Å². The van der Waals surface area contributed by atoms with Crippen molar-refractivity contribution in [1.82, 2.24) is 9.97 Å². The minimum absolute atomic E-state index is 0.111. The number of aromatic nitrogens is 2. The Morgan fingerprint density at radius 1 is 0.844 bits per heavy atom. The highest BCUT2D eigenvalue weighted by Crippen LogP contribution is 2.21. The molecule has 0 amide bonds. The lowest BCUT2D eigenvalue weighted by atomic mass is 10.0. The second kappa shape index (κ2) is 15.8. The van der Waals surface area contributed by atoms with Crippen LogP contribution in [0.3, 0.4) is 0 Å². The predicted molar refractivity (Wildman–Crippen MR) is 133 cm³/mol. The first-order valence-corrected chi connectivity index (χ1v) is 12.8. The lowest BCUT2D eigenvalue weighted by molar-refractivity contribution is 0.179. The summed E-state index contributed by atoms with van der Waals surface area (Å²) in [5.74, 6) is 1.97. The number of alkyl halides is 1. The zero-order chi connectivity index (χ0) is 23.0. The summed E-state index contributed by atoms with van der Waals surface area (Å²) in [6, 6.07) is 7.62. The van der Waals surface area contributed by atoms with Gasteiger partial charge in [0.15, 0.2) is 5.82 Å². The second-order valence-electron chi connectivity index (χ2n) is 9.16. The van der Waals surface area contributed by atoms with Crippen molar-refractivity contribution in [1.29, 1.82) is 0 Å². The molecule has 0 aliphatic heterocycles. The molecular formula is C28H43FN2O. The van der Waals surface area contributed by atoms with E-state index in [9.17, 15) is 4.39 Å². The van der Waals surface area contributed by atoms with Gasteiger partial charge in [-0.2, -0.15) is 0 Å². The number of nitrogens with zero attached hydrogens (tertiary/aromatic N) is 2. The van der Waals surface area contributed by atoms with Crippen LogP contribution in [0, 0.1) is 5.92 Å². The van der Waals surface area contributed by atoms with Crippen LogP contribution < -0.4 is 4.74 Å². The van der Waals surface area contributed by atoms with Crippen LogP contribution in [0.5, 0.6) is 5.75 Å². The lowest BCUT2D eigenvalue weighted by Crippen LogP contribution is -2.14. The van der Waals surface area contributed by atoms with Crippen LogP contribution >= 0.6 is 0 Å². The van der Waals surface area contributed by atoms with Gasteiger partial charge in [0.05, 0.1) is 0 Å². The maximum absolute atomic E-state index is 14.0. The average Bonchev–Trinajstić information content (AvgIpc) is 2.83. The van der Waals surface area contributed by atoms with E-state index in [0.717, 1.165) is 24.8 Å². The van der Waals surface area contributed by atoms with Crippen LogP contribution in [0.2, 0.25) is 0 Å². The Labute approximate surface area is 195 Å². The molecule has 178 valence electrons. The molecule has 0 unspecified atom stereocenters. The van der Waals surface area contributed by atoms with E-state index in [1.165, 1.54) is 56.9 Å². The van der Waals surface area contributed by atoms with E-state index in [1.54, 1.807) is 0 Å². The van der Waals surface area contributed by atoms with Crippen molar-refractivity contribution < 1.29 is 9.13 Å². The Balaban J connectivity index is 1.69. The van der Waals surface area contributed by atoms with Gasteiger partial charge in [0, 0.05) is 18.0 Å². The summed E-state index contributed by atoms with van der Waals surface area (Å²) in [6.45, 7) is 6.68. The Kier molecular flexibility index (Phi) is 13.0. The third-order valence-corrected chi connectivity index (χ3v) is 6.24. The smallest absolute Gasteiger partial charge is 0.159 e. The fraction of sp³-hybridized carbons (Fsp3) is 0.643. The molecule has 0 fully saturated rings. The van der Waals surface area contributed by atoms with E-state index < -0.39 is 6.17 Å². The Morgan fingerprint density at radius 3 is 2.09 bits per heavy atom. The number of hydrogen-bond donors (Lipinski definition) is 0. The number of aryl methyl sites for hydroxylation is 1. The molecule has 3 nitrogen and oxygen atoms in total. The van der Waals surface area contributed by atoms with Gasteiger partial charge in [0.25, 0.3) is 0 Å². The molecule has 4 heteroatoms. The first-order chi connectivity index (χ1) is 15.6. The Hall–Kier alpha value is -1.97. The Morgan fingerprint density at radius 2 is 1.47 bits per heavy atom. The average molecular weight is 443 g/mol. The van der Waals surface area contributed by atoms with Crippen molar-refractivity contribution in [2.24, 2.45) is 5.92 Å². The molecule has 2 aromatic rings. The maximum atomic E-state index is 14.0. The molecule has 32 heavy (non-hydrogen) atoms. The molecule has 0 radical (unpaired) electrons. The van der Waals surface area contributed by atoms with Gasteiger partial charge in [-0.1, -0.05) is 72.1 Å². The molecule has 0 bridgehead atoms. The molecule has 0 aliphatic carbocycles. The summed E-state index contributed by atoms with van der Waals surface area (Å²) in [4.78, 5) is 9.08.